The molecule has 1 aromatic heterocycles. The Morgan fingerprint density at radius 1 is 1.08 bits per heavy atom. The van der Waals surface area contributed by atoms with E-state index in [4.69, 9.17) is 37.1 Å². The number of carbonyl (C=O) groups excluding carboxylic acids is 1. The van der Waals surface area contributed by atoms with Gasteiger partial charge in [-0.2, -0.15) is 0 Å². The van der Waals surface area contributed by atoms with E-state index in [1.807, 2.05) is 0 Å². The van der Waals surface area contributed by atoms with E-state index in [0.717, 1.165) is 0 Å². The summed E-state index contributed by atoms with van der Waals surface area (Å²) < 4.78 is 15.7. The van der Waals surface area contributed by atoms with Crippen LogP contribution in [0.2, 0.25) is 10.0 Å². The molecule has 0 aliphatic heterocycles. The molecule has 0 atom stereocenters. The number of carbonyl (C=O) groups is 1. The molecule has 3 aromatic rings. The number of fused-ring (bicyclic) bond motifs is 1. The minimum atomic E-state index is -0.994. The van der Waals surface area contributed by atoms with Gasteiger partial charge in [0.2, 0.25) is 11.2 Å². The average Bonchev–Trinajstić information content (AvgIpc) is 2.59. The van der Waals surface area contributed by atoms with Crippen LogP contribution in [-0.2, 0) is 4.74 Å². The van der Waals surface area contributed by atoms with E-state index in [2.05, 4.69) is 0 Å². The summed E-state index contributed by atoms with van der Waals surface area (Å²) in [5.41, 5.74) is 0.315. The summed E-state index contributed by atoms with van der Waals surface area (Å²) >= 11 is 11.8. The van der Waals surface area contributed by atoms with Gasteiger partial charge in [-0.3, -0.25) is 4.79 Å². The van der Waals surface area contributed by atoms with Gasteiger partial charge in [-0.1, -0.05) is 23.2 Å². The lowest BCUT2D eigenvalue weighted by molar-refractivity contribution is 0.103. The molecule has 5 nitrogen and oxygen atoms in total. The van der Waals surface area contributed by atoms with Gasteiger partial charge in [0.1, 0.15) is 5.58 Å². The summed E-state index contributed by atoms with van der Waals surface area (Å²) in [6.07, 6.45) is -0.994. The molecule has 25 heavy (non-hydrogen) atoms. The molecule has 0 aliphatic rings. The molecule has 128 valence electrons. The monoisotopic (exact) mass is 378 g/mol. The lowest BCUT2D eigenvalue weighted by atomic mass is 10.1. The second-order valence-electron chi connectivity index (χ2n) is 5.02. The summed E-state index contributed by atoms with van der Waals surface area (Å²) in [6.45, 7) is 1.74. The maximum atomic E-state index is 12.8. The van der Waals surface area contributed by atoms with Crippen LogP contribution >= 0.6 is 23.2 Å². The quantitative estimate of drug-likeness (QED) is 0.578. The van der Waals surface area contributed by atoms with Gasteiger partial charge in [0, 0.05) is 15.6 Å². The first-order valence-corrected chi connectivity index (χ1v) is 8.12. The molecular formula is C18H12Cl2O5. The summed E-state index contributed by atoms with van der Waals surface area (Å²) in [4.78, 5) is 24.5. The highest BCUT2D eigenvalue weighted by molar-refractivity contribution is 6.31. The Bertz CT molecular complexity index is 993. The smallest absolute Gasteiger partial charge is 0.452 e. The van der Waals surface area contributed by atoms with Gasteiger partial charge in [-0.05, 0) is 49.4 Å². The van der Waals surface area contributed by atoms with E-state index in [1.54, 1.807) is 43.3 Å². The van der Waals surface area contributed by atoms with Crippen LogP contribution < -0.4 is 10.2 Å². The molecule has 0 spiro atoms. The number of rotatable bonds is 3. The third-order valence-electron chi connectivity index (χ3n) is 3.36. The molecule has 3 rings (SSSR count). The van der Waals surface area contributed by atoms with Crippen LogP contribution in [0.3, 0.4) is 0 Å². The van der Waals surface area contributed by atoms with Crippen LogP contribution in [0.1, 0.15) is 6.92 Å². The standard InChI is InChI=1S/C18H12Cl2O5/c1-2-23-18(22)25-17-15(21)13-9-12(20)7-8-14(13)24-16(17)10-3-5-11(19)6-4-10/h3-9H,2H2,1H3. The molecule has 2 aromatic carbocycles. The van der Waals surface area contributed by atoms with Crippen molar-refractivity contribution in [2.45, 2.75) is 6.92 Å². The Kier molecular flexibility index (Phi) is 4.97. The van der Waals surface area contributed by atoms with E-state index in [-0.39, 0.29) is 23.5 Å². The topological polar surface area (TPSA) is 65.7 Å². The summed E-state index contributed by atoms with van der Waals surface area (Å²) in [5, 5.41) is 1.08. The molecule has 0 radical (unpaired) electrons. The van der Waals surface area contributed by atoms with Crippen LogP contribution in [0.5, 0.6) is 5.75 Å². The molecule has 0 bridgehead atoms. The third-order valence-corrected chi connectivity index (χ3v) is 3.85. The van der Waals surface area contributed by atoms with Gasteiger partial charge in [-0.25, -0.2) is 4.79 Å². The predicted octanol–water partition coefficient (Wildman–Crippen LogP) is 5.30. The van der Waals surface area contributed by atoms with Crippen molar-refractivity contribution in [3.63, 3.8) is 0 Å². The van der Waals surface area contributed by atoms with Gasteiger partial charge in [-0.15, -0.1) is 0 Å². The maximum absolute atomic E-state index is 12.8. The van der Waals surface area contributed by atoms with Crippen molar-refractivity contribution in [2.75, 3.05) is 6.61 Å². The Hall–Kier alpha value is -2.50. The van der Waals surface area contributed by atoms with Gasteiger partial charge < -0.3 is 13.9 Å². The van der Waals surface area contributed by atoms with Crippen LogP contribution in [0, 0.1) is 0 Å². The van der Waals surface area contributed by atoms with Crippen molar-refractivity contribution >= 4 is 40.3 Å². The highest BCUT2D eigenvalue weighted by Gasteiger charge is 2.21. The zero-order chi connectivity index (χ0) is 18.0. The number of hydrogen-bond donors (Lipinski definition) is 0. The van der Waals surface area contributed by atoms with E-state index in [1.165, 1.54) is 6.07 Å². The lowest BCUT2D eigenvalue weighted by Gasteiger charge is -2.10. The molecule has 0 amide bonds. The predicted molar refractivity (Wildman–Crippen MR) is 95.6 cm³/mol. The zero-order valence-electron chi connectivity index (χ0n) is 13.0. The first-order chi connectivity index (χ1) is 12.0. The first-order valence-electron chi connectivity index (χ1n) is 7.36. The minimum absolute atomic E-state index is 0.101. The fourth-order valence-corrected chi connectivity index (χ4v) is 2.56. The van der Waals surface area contributed by atoms with Gasteiger partial charge in [0.25, 0.3) is 0 Å². The zero-order valence-corrected chi connectivity index (χ0v) is 14.6. The Labute approximate surface area is 152 Å². The van der Waals surface area contributed by atoms with Crippen molar-refractivity contribution in [1.82, 2.24) is 0 Å². The Morgan fingerprint density at radius 3 is 2.44 bits per heavy atom. The molecule has 0 unspecified atom stereocenters. The normalized spacial score (nSPS) is 10.7. The second-order valence-corrected chi connectivity index (χ2v) is 5.89. The number of benzene rings is 2. The van der Waals surface area contributed by atoms with Crippen LogP contribution in [-0.4, -0.2) is 12.8 Å². The van der Waals surface area contributed by atoms with Crippen LogP contribution in [0.25, 0.3) is 22.3 Å². The van der Waals surface area contributed by atoms with Gasteiger partial charge >= 0.3 is 6.16 Å². The molecule has 1 heterocycles. The van der Waals surface area contributed by atoms with Crippen LogP contribution in [0.15, 0.2) is 51.7 Å². The summed E-state index contributed by atoms with van der Waals surface area (Å²) in [5.74, 6) is -0.167. The Morgan fingerprint density at radius 2 is 1.76 bits per heavy atom. The van der Waals surface area contributed by atoms with Crippen molar-refractivity contribution in [1.29, 1.82) is 0 Å². The highest BCUT2D eigenvalue weighted by atomic mass is 35.5. The van der Waals surface area contributed by atoms with Crippen molar-refractivity contribution in [2.24, 2.45) is 0 Å². The molecule has 0 aliphatic carbocycles. The largest absolute Gasteiger partial charge is 0.514 e. The van der Waals surface area contributed by atoms with Crippen molar-refractivity contribution < 1.29 is 18.7 Å². The molecule has 0 saturated carbocycles. The molecule has 0 saturated heterocycles. The van der Waals surface area contributed by atoms with E-state index < -0.39 is 11.6 Å². The summed E-state index contributed by atoms with van der Waals surface area (Å²) in [6, 6.07) is 11.2. The average molecular weight is 379 g/mol. The van der Waals surface area contributed by atoms with E-state index in [0.29, 0.717) is 21.2 Å². The van der Waals surface area contributed by atoms with Crippen molar-refractivity contribution in [3.05, 3.63) is 62.7 Å². The molecule has 0 fully saturated rings. The minimum Gasteiger partial charge on any atom is -0.452 e. The number of ether oxygens (including phenoxy) is 2. The van der Waals surface area contributed by atoms with Gasteiger partial charge in [0.15, 0.2) is 5.76 Å². The van der Waals surface area contributed by atoms with E-state index in [9.17, 15) is 9.59 Å². The Balaban J connectivity index is 2.25. The highest BCUT2D eigenvalue weighted by Crippen LogP contribution is 2.32. The van der Waals surface area contributed by atoms with Crippen LogP contribution in [0.4, 0.5) is 4.79 Å². The molecule has 7 heteroatoms. The summed E-state index contributed by atoms with van der Waals surface area (Å²) in [7, 11) is 0. The number of halogens is 2. The maximum Gasteiger partial charge on any atom is 0.514 e. The van der Waals surface area contributed by atoms with Crippen molar-refractivity contribution in [3.8, 4) is 17.1 Å². The molecular weight excluding hydrogens is 367 g/mol. The fraction of sp³-hybridized carbons (Fsp3) is 0.111. The second kappa shape index (κ2) is 7.17. The lowest BCUT2D eigenvalue weighted by Crippen LogP contribution is -2.17. The van der Waals surface area contributed by atoms with E-state index >= 15 is 0 Å². The third kappa shape index (κ3) is 3.62. The SMILES string of the molecule is CCOC(=O)Oc1c(-c2ccc(Cl)cc2)oc2ccc(Cl)cc2c1=O. The first kappa shape index (κ1) is 17.3. The molecule has 0 N–H and O–H groups in total. The van der Waals surface area contributed by atoms with Gasteiger partial charge in [0.05, 0.1) is 12.0 Å². The fourth-order valence-electron chi connectivity index (χ4n) is 2.27. The number of hydrogen-bond acceptors (Lipinski definition) is 5.